The normalized spacial score (nSPS) is 16.3. The molecule has 0 aromatic carbocycles. The molecule has 0 radical (unpaired) electrons. The monoisotopic (exact) mass is 298 g/mol. The minimum Gasteiger partial charge on any atom is -0.370 e. The van der Waals surface area contributed by atoms with E-state index in [-0.39, 0.29) is 0 Å². The third-order valence-electron chi connectivity index (χ3n) is 3.02. The summed E-state index contributed by atoms with van der Waals surface area (Å²) in [5, 5.41) is 7.72. The Labute approximate surface area is 123 Å². The highest BCUT2D eigenvalue weighted by atomic mass is 32.2. The lowest BCUT2D eigenvalue weighted by molar-refractivity contribution is 0.661. The molecule has 1 aromatic rings. The Morgan fingerprint density at radius 2 is 2.05 bits per heavy atom. The number of rotatable bonds is 6. The summed E-state index contributed by atoms with van der Waals surface area (Å²) in [5.41, 5.74) is 0. The van der Waals surface area contributed by atoms with Crippen LogP contribution in [0.1, 0.15) is 26.2 Å². The van der Waals surface area contributed by atoms with E-state index in [2.05, 4.69) is 27.5 Å². The van der Waals surface area contributed by atoms with Crippen LogP contribution in [0.3, 0.4) is 0 Å². The highest BCUT2D eigenvalue weighted by Gasteiger charge is 2.14. The Bertz CT molecular complexity index is 394. The van der Waals surface area contributed by atoms with E-state index in [4.69, 9.17) is 0 Å². The Kier molecular flexibility index (Phi) is 6.10. The highest BCUT2D eigenvalue weighted by Crippen LogP contribution is 2.22. The molecular weight excluding hydrogens is 276 g/mol. The number of hydrogen-bond acceptors (Lipinski definition) is 6. The molecule has 1 saturated heterocycles. The van der Waals surface area contributed by atoms with Crippen LogP contribution in [0.4, 0.5) is 11.6 Å². The molecule has 0 bridgehead atoms. The fourth-order valence-corrected chi connectivity index (χ4v) is 3.47. The third kappa shape index (κ3) is 4.76. The van der Waals surface area contributed by atoms with Gasteiger partial charge in [-0.2, -0.15) is 11.8 Å². The largest absolute Gasteiger partial charge is 0.370 e. The first-order valence-corrected chi connectivity index (χ1v) is 9.21. The molecule has 19 heavy (non-hydrogen) atoms. The molecule has 0 unspecified atom stereocenters. The van der Waals surface area contributed by atoms with E-state index >= 15 is 0 Å². The summed E-state index contributed by atoms with van der Waals surface area (Å²) in [5.74, 6) is 4.38. The zero-order valence-corrected chi connectivity index (χ0v) is 13.2. The van der Waals surface area contributed by atoms with Gasteiger partial charge >= 0.3 is 0 Å². The summed E-state index contributed by atoms with van der Waals surface area (Å²) >= 11 is 3.63. The van der Waals surface area contributed by atoms with Crippen molar-refractivity contribution in [2.75, 3.05) is 34.9 Å². The predicted octanol–water partition coefficient (Wildman–Crippen LogP) is 3.33. The Morgan fingerprint density at radius 1 is 1.32 bits per heavy atom. The Balaban J connectivity index is 2.04. The quantitative estimate of drug-likeness (QED) is 0.620. The molecule has 1 fully saturated rings. The molecule has 6 heteroatoms. The molecule has 1 aliphatic rings. The number of nitrogens with zero attached hydrogens (tertiary/aromatic N) is 2. The maximum Gasteiger partial charge on any atom is 0.191 e. The van der Waals surface area contributed by atoms with Crippen molar-refractivity contribution in [3.63, 3.8) is 0 Å². The van der Waals surface area contributed by atoms with Gasteiger partial charge in [0.15, 0.2) is 5.16 Å². The van der Waals surface area contributed by atoms with Crippen molar-refractivity contribution in [3.05, 3.63) is 6.07 Å². The average Bonchev–Trinajstić information content (AvgIpc) is 2.46. The maximum absolute atomic E-state index is 4.55. The minimum absolute atomic E-state index is 0.560. The van der Waals surface area contributed by atoms with Gasteiger partial charge in [0.25, 0.3) is 0 Å². The summed E-state index contributed by atoms with van der Waals surface area (Å²) in [4.78, 5) is 9.03. The average molecular weight is 298 g/mol. The van der Waals surface area contributed by atoms with Crippen LogP contribution in [0.15, 0.2) is 11.2 Å². The lowest BCUT2D eigenvalue weighted by Crippen LogP contribution is -2.25. The number of thioether (sulfide) groups is 2. The van der Waals surface area contributed by atoms with E-state index in [0.717, 1.165) is 29.8 Å². The van der Waals surface area contributed by atoms with Gasteiger partial charge < -0.3 is 10.6 Å². The molecule has 106 valence electrons. The molecule has 0 atom stereocenters. The molecule has 0 saturated carbocycles. The first-order chi connectivity index (χ1) is 9.31. The van der Waals surface area contributed by atoms with Crippen LogP contribution in [0, 0.1) is 0 Å². The van der Waals surface area contributed by atoms with Gasteiger partial charge in [-0.05, 0) is 37.0 Å². The number of nitrogens with one attached hydrogen (secondary N) is 2. The first-order valence-electron chi connectivity index (χ1n) is 6.83. The molecular formula is C13H22N4S2. The second-order valence-corrected chi connectivity index (χ2v) is 6.58. The number of hydrogen-bond donors (Lipinski definition) is 2. The van der Waals surface area contributed by atoms with Crippen LogP contribution in [-0.2, 0) is 0 Å². The smallest absolute Gasteiger partial charge is 0.191 e. The van der Waals surface area contributed by atoms with Crippen molar-refractivity contribution in [2.24, 2.45) is 0 Å². The fourth-order valence-electron chi connectivity index (χ4n) is 1.99. The van der Waals surface area contributed by atoms with Gasteiger partial charge in [-0.1, -0.05) is 18.7 Å². The van der Waals surface area contributed by atoms with E-state index in [0.29, 0.717) is 6.04 Å². The topological polar surface area (TPSA) is 49.8 Å². The van der Waals surface area contributed by atoms with E-state index < -0.39 is 0 Å². The molecule has 1 aliphatic heterocycles. The molecule has 2 rings (SSSR count). The van der Waals surface area contributed by atoms with Crippen LogP contribution in [-0.4, -0.2) is 40.3 Å². The van der Waals surface area contributed by atoms with Gasteiger partial charge in [-0.25, -0.2) is 9.97 Å². The Morgan fingerprint density at radius 3 is 2.74 bits per heavy atom. The maximum atomic E-state index is 4.55. The SMILES string of the molecule is CCCNc1cc(NC2CCSCC2)nc(SC)n1. The van der Waals surface area contributed by atoms with E-state index in [9.17, 15) is 0 Å². The van der Waals surface area contributed by atoms with Crippen LogP contribution < -0.4 is 10.6 Å². The van der Waals surface area contributed by atoms with Crippen molar-refractivity contribution < 1.29 is 0 Å². The lowest BCUT2D eigenvalue weighted by atomic mass is 10.1. The highest BCUT2D eigenvalue weighted by molar-refractivity contribution is 7.99. The van der Waals surface area contributed by atoms with E-state index in [1.165, 1.54) is 24.3 Å². The summed E-state index contributed by atoms with van der Waals surface area (Å²) < 4.78 is 0. The first kappa shape index (κ1) is 14.8. The van der Waals surface area contributed by atoms with E-state index in [1.807, 2.05) is 24.1 Å². The van der Waals surface area contributed by atoms with Crippen molar-refractivity contribution >= 4 is 35.2 Å². The minimum atomic E-state index is 0.560. The molecule has 0 aliphatic carbocycles. The standard InChI is InChI=1S/C13H22N4S2/c1-3-6-14-11-9-12(17-13(16-11)18-2)15-10-4-7-19-8-5-10/h9-10H,3-8H2,1-2H3,(H2,14,15,16,17). The van der Waals surface area contributed by atoms with Gasteiger partial charge in [0.2, 0.25) is 0 Å². The summed E-state index contributed by atoms with van der Waals surface area (Å²) in [7, 11) is 0. The second kappa shape index (κ2) is 7.85. The van der Waals surface area contributed by atoms with Gasteiger partial charge in [-0.15, -0.1) is 0 Å². The molecule has 2 N–H and O–H groups in total. The molecule has 4 nitrogen and oxygen atoms in total. The zero-order valence-electron chi connectivity index (χ0n) is 11.6. The lowest BCUT2D eigenvalue weighted by Gasteiger charge is -2.23. The summed E-state index contributed by atoms with van der Waals surface area (Å²) in [6, 6.07) is 2.59. The molecule has 1 aromatic heterocycles. The van der Waals surface area contributed by atoms with Crippen molar-refractivity contribution in [1.29, 1.82) is 0 Å². The van der Waals surface area contributed by atoms with Crippen molar-refractivity contribution in [1.82, 2.24) is 9.97 Å². The molecule has 0 spiro atoms. The molecule has 2 heterocycles. The van der Waals surface area contributed by atoms with Gasteiger partial charge in [0.1, 0.15) is 11.6 Å². The second-order valence-electron chi connectivity index (χ2n) is 4.58. The zero-order chi connectivity index (χ0) is 13.5. The fraction of sp³-hybridized carbons (Fsp3) is 0.692. The Hall–Kier alpha value is -0.620. The van der Waals surface area contributed by atoms with Gasteiger partial charge in [0.05, 0.1) is 0 Å². The summed E-state index contributed by atoms with van der Waals surface area (Å²) in [6.45, 7) is 3.10. The van der Waals surface area contributed by atoms with E-state index in [1.54, 1.807) is 11.8 Å². The number of anilines is 2. The van der Waals surface area contributed by atoms with Crippen LogP contribution in [0.2, 0.25) is 0 Å². The number of aromatic nitrogens is 2. The van der Waals surface area contributed by atoms with Crippen molar-refractivity contribution in [3.8, 4) is 0 Å². The van der Waals surface area contributed by atoms with Gasteiger partial charge in [-0.3, -0.25) is 0 Å². The predicted molar refractivity (Wildman–Crippen MR) is 86.6 cm³/mol. The third-order valence-corrected chi connectivity index (χ3v) is 4.61. The van der Waals surface area contributed by atoms with Crippen LogP contribution in [0.5, 0.6) is 0 Å². The van der Waals surface area contributed by atoms with Crippen LogP contribution >= 0.6 is 23.5 Å². The van der Waals surface area contributed by atoms with Crippen LogP contribution in [0.25, 0.3) is 0 Å². The van der Waals surface area contributed by atoms with Crippen molar-refractivity contribution in [2.45, 2.75) is 37.4 Å². The summed E-state index contributed by atoms with van der Waals surface area (Å²) in [6.07, 6.45) is 5.56. The van der Waals surface area contributed by atoms with Gasteiger partial charge in [0, 0.05) is 18.7 Å². The molecule has 0 amide bonds.